The van der Waals surface area contributed by atoms with Gasteiger partial charge in [-0.05, 0) is 36.8 Å². The molecule has 3 rings (SSSR count). The molecule has 2 aromatic heterocycles. The van der Waals surface area contributed by atoms with E-state index >= 15 is 0 Å². The van der Waals surface area contributed by atoms with Gasteiger partial charge in [0.05, 0.1) is 18.4 Å². The number of hydrogen-bond acceptors (Lipinski definition) is 7. The number of anilines is 2. The molecule has 0 atom stereocenters. The van der Waals surface area contributed by atoms with Crippen molar-refractivity contribution < 1.29 is 14.3 Å². The molecule has 0 saturated heterocycles. The number of amides is 1. The average Bonchev–Trinajstić information content (AvgIpc) is 2.72. The Kier molecular flexibility index (Phi) is 5.91. The van der Waals surface area contributed by atoms with Gasteiger partial charge in [0.25, 0.3) is 5.91 Å². The molecule has 2 N–H and O–H groups in total. The van der Waals surface area contributed by atoms with Gasteiger partial charge in [0.2, 0.25) is 0 Å². The van der Waals surface area contributed by atoms with Crippen molar-refractivity contribution in [3.63, 3.8) is 0 Å². The summed E-state index contributed by atoms with van der Waals surface area (Å²) < 4.78 is 4.75. The summed E-state index contributed by atoms with van der Waals surface area (Å²) in [5.41, 5.74) is 1.83. The normalized spacial score (nSPS) is 10.2. The molecule has 3 aromatic rings. The third kappa shape index (κ3) is 4.67. The van der Waals surface area contributed by atoms with Gasteiger partial charge < -0.3 is 15.4 Å². The van der Waals surface area contributed by atoms with Crippen LogP contribution in [0.3, 0.4) is 0 Å². The van der Waals surface area contributed by atoms with Crippen LogP contribution in [0, 0.1) is 6.92 Å². The van der Waals surface area contributed by atoms with Crippen LogP contribution in [-0.2, 0) is 11.3 Å². The summed E-state index contributed by atoms with van der Waals surface area (Å²) >= 11 is 0. The number of aromatic nitrogens is 3. The van der Waals surface area contributed by atoms with Gasteiger partial charge in [-0.2, -0.15) is 0 Å². The minimum Gasteiger partial charge on any atom is -0.465 e. The maximum absolute atomic E-state index is 12.7. The number of aryl methyl sites for hydroxylation is 1. The zero-order valence-corrected chi connectivity index (χ0v) is 15.5. The molecule has 1 aromatic carbocycles. The quantitative estimate of drug-likeness (QED) is 0.636. The van der Waals surface area contributed by atoms with E-state index in [4.69, 9.17) is 4.74 Å². The Morgan fingerprint density at radius 1 is 1.07 bits per heavy atom. The van der Waals surface area contributed by atoms with E-state index in [0.717, 1.165) is 5.56 Å². The van der Waals surface area contributed by atoms with Gasteiger partial charge >= 0.3 is 5.97 Å². The summed E-state index contributed by atoms with van der Waals surface area (Å²) in [7, 11) is 1.29. The van der Waals surface area contributed by atoms with Crippen molar-refractivity contribution in [3.05, 3.63) is 77.5 Å². The second-order valence-electron chi connectivity index (χ2n) is 5.89. The third-order valence-electron chi connectivity index (χ3n) is 3.87. The first-order valence-electron chi connectivity index (χ1n) is 8.54. The van der Waals surface area contributed by atoms with Crippen LogP contribution in [0.25, 0.3) is 0 Å². The van der Waals surface area contributed by atoms with Crippen LogP contribution >= 0.6 is 0 Å². The number of nitrogens with one attached hydrogen (secondary N) is 2. The van der Waals surface area contributed by atoms with Gasteiger partial charge in [-0.25, -0.2) is 14.8 Å². The Labute approximate surface area is 162 Å². The van der Waals surface area contributed by atoms with Gasteiger partial charge in [0.1, 0.15) is 17.3 Å². The molecule has 2 heterocycles. The van der Waals surface area contributed by atoms with Gasteiger partial charge in [-0.1, -0.05) is 12.1 Å². The lowest BCUT2D eigenvalue weighted by Gasteiger charge is -2.11. The molecule has 0 aliphatic heterocycles. The van der Waals surface area contributed by atoms with Crippen molar-refractivity contribution >= 4 is 23.4 Å². The molecule has 0 radical (unpaired) electrons. The fourth-order valence-corrected chi connectivity index (χ4v) is 2.53. The standard InChI is InChI=1S/C20H19N5O3/c1-13-23-17(11-18(24-13)22-12-14-7-9-21-10-8-14)19(26)25-16-6-4-3-5-15(16)20(27)28-2/h3-11H,12H2,1-2H3,(H,25,26)(H,22,23,24). The van der Waals surface area contributed by atoms with Crippen molar-refractivity contribution in [3.8, 4) is 0 Å². The molecule has 28 heavy (non-hydrogen) atoms. The number of carbonyl (C=O) groups is 2. The van der Waals surface area contributed by atoms with Crippen molar-refractivity contribution in [1.29, 1.82) is 0 Å². The van der Waals surface area contributed by atoms with Crippen LogP contribution in [0.2, 0.25) is 0 Å². The highest BCUT2D eigenvalue weighted by molar-refractivity contribution is 6.07. The van der Waals surface area contributed by atoms with Crippen LogP contribution in [0.5, 0.6) is 0 Å². The molecule has 0 spiro atoms. The highest BCUT2D eigenvalue weighted by atomic mass is 16.5. The summed E-state index contributed by atoms with van der Waals surface area (Å²) in [5.74, 6) is -0.00913. The zero-order valence-electron chi connectivity index (χ0n) is 15.5. The van der Waals surface area contributed by atoms with Crippen molar-refractivity contribution in [2.45, 2.75) is 13.5 Å². The zero-order chi connectivity index (χ0) is 19.9. The van der Waals surface area contributed by atoms with Crippen molar-refractivity contribution in [1.82, 2.24) is 15.0 Å². The van der Waals surface area contributed by atoms with Gasteiger partial charge in [0.15, 0.2) is 0 Å². The Morgan fingerprint density at radius 3 is 2.57 bits per heavy atom. The van der Waals surface area contributed by atoms with E-state index in [1.165, 1.54) is 7.11 Å². The minimum absolute atomic E-state index is 0.185. The number of methoxy groups -OCH3 is 1. The monoisotopic (exact) mass is 377 g/mol. The summed E-state index contributed by atoms with van der Waals surface area (Å²) in [6.07, 6.45) is 3.42. The number of rotatable bonds is 6. The van der Waals surface area contributed by atoms with E-state index in [-0.39, 0.29) is 11.3 Å². The maximum Gasteiger partial charge on any atom is 0.339 e. The summed E-state index contributed by atoms with van der Waals surface area (Å²) in [5, 5.41) is 5.87. The average molecular weight is 377 g/mol. The highest BCUT2D eigenvalue weighted by Crippen LogP contribution is 2.17. The molecular weight excluding hydrogens is 358 g/mol. The van der Waals surface area contributed by atoms with E-state index in [1.807, 2.05) is 12.1 Å². The predicted octanol–water partition coefficient (Wildman–Crippen LogP) is 2.83. The lowest BCUT2D eigenvalue weighted by molar-refractivity contribution is 0.0602. The van der Waals surface area contributed by atoms with Crippen LogP contribution < -0.4 is 10.6 Å². The first kappa shape index (κ1) is 19.0. The fraction of sp³-hybridized carbons (Fsp3) is 0.150. The lowest BCUT2D eigenvalue weighted by atomic mass is 10.1. The van der Waals surface area contributed by atoms with Crippen molar-refractivity contribution in [2.24, 2.45) is 0 Å². The molecule has 1 amide bonds. The Morgan fingerprint density at radius 2 is 1.82 bits per heavy atom. The highest BCUT2D eigenvalue weighted by Gasteiger charge is 2.16. The number of hydrogen-bond donors (Lipinski definition) is 2. The summed E-state index contributed by atoms with van der Waals surface area (Å²) in [6, 6.07) is 11.9. The topological polar surface area (TPSA) is 106 Å². The SMILES string of the molecule is COC(=O)c1ccccc1NC(=O)c1cc(NCc2ccncc2)nc(C)n1. The molecule has 0 aliphatic rings. The molecule has 0 saturated carbocycles. The second-order valence-corrected chi connectivity index (χ2v) is 5.89. The third-order valence-corrected chi connectivity index (χ3v) is 3.87. The van der Waals surface area contributed by atoms with Crippen LogP contribution in [-0.4, -0.2) is 33.9 Å². The smallest absolute Gasteiger partial charge is 0.339 e. The molecule has 0 fully saturated rings. The van der Waals surface area contributed by atoms with E-state index in [0.29, 0.717) is 23.9 Å². The molecular formula is C20H19N5O3. The second kappa shape index (κ2) is 8.72. The molecule has 142 valence electrons. The largest absolute Gasteiger partial charge is 0.465 e. The van der Waals surface area contributed by atoms with Gasteiger partial charge in [0, 0.05) is 25.0 Å². The number of para-hydroxylation sites is 1. The number of benzene rings is 1. The van der Waals surface area contributed by atoms with Crippen LogP contribution in [0.4, 0.5) is 11.5 Å². The lowest BCUT2D eigenvalue weighted by Crippen LogP contribution is -2.18. The molecule has 0 aliphatic carbocycles. The number of pyridine rings is 1. The number of nitrogens with zero attached hydrogens (tertiary/aromatic N) is 3. The van der Waals surface area contributed by atoms with E-state index in [2.05, 4.69) is 25.6 Å². The number of ether oxygens (including phenoxy) is 1. The van der Waals surface area contributed by atoms with Crippen LogP contribution in [0.1, 0.15) is 32.2 Å². The Balaban J connectivity index is 1.77. The van der Waals surface area contributed by atoms with Gasteiger partial charge in [-0.15, -0.1) is 0 Å². The number of esters is 1. The molecule has 0 bridgehead atoms. The first-order chi connectivity index (χ1) is 13.6. The summed E-state index contributed by atoms with van der Waals surface area (Å²) in [4.78, 5) is 37.0. The number of carbonyl (C=O) groups excluding carboxylic acids is 2. The maximum atomic E-state index is 12.7. The van der Waals surface area contributed by atoms with E-state index < -0.39 is 11.9 Å². The predicted molar refractivity (Wildman–Crippen MR) is 104 cm³/mol. The minimum atomic E-state index is -0.533. The van der Waals surface area contributed by atoms with E-state index in [1.54, 1.807) is 49.6 Å². The Bertz CT molecular complexity index is 992. The summed E-state index contributed by atoms with van der Waals surface area (Å²) in [6.45, 7) is 2.24. The first-order valence-corrected chi connectivity index (χ1v) is 8.54. The van der Waals surface area contributed by atoms with Crippen molar-refractivity contribution in [2.75, 3.05) is 17.7 Å². The molecule has 8 nitrogen and oxygen atoms in total. The molecule has 0 unspecified atom stereocenters. The molecule has 8 heteroatoms. The Hall–Kier alpha value is -3.81. The van der Waals surface area contributed by atoms with Gasteiger partial charge in [-0.3, -0.25) is 9.78 Å². The van der Waals surface area contributed by atoms with Crippen LogP contribution in [0.15, 0.2) is 54.9 Å². The fourth-order valence-electron chi connectivity index (χ4n) is 2.53. The van der Waals surface area contributed by atoms with E-state index in [9.17, 15) is 9.59 Å².